The van der Waals surface area contributed by atoms with Crippen molar-refractivity contribution in [2.75, 3.05) is 38.8 Å². The van der Waals surface area contributed by atoms with Gasteiger partial charge in [0.1, 0.15) is 17.2 Å². The molecule has 2 saturated carbocycles. The zero-order chi connectivity index (χ0) is 31.5. The number of aromatic nitrogens is 1. The van der Waals surface area contributed by atoms with Crippen LogP contribution >= 0.6 is 0 Å². The van der Waals surface area contributed by atoms with Gasteiger partial charge in [0, 0.05) is 56.7 Å². The van der Waals surface area contributed by atoms with Gasteiger partial charge in [-0.15, -0.1) is 0 Å². The van der Waals surface area contributed by atoms with Crippen LogP contribution in [0.2, 0.25) is 0 Å². The van der Waals surface area contributed by atoms with Gasteiger partial charge in [-0.25, -0.2) is 9.78 Å². The molecule has 0 spiro atoms. The Bertz CT molecular complexity index is 1140. The highest BCUT2D eigenvalue weighted by atomic mass is 16.6. The zero-order valence-corrected chi connectivity index (χ0v) is 26.8. The van der Waals surface area contributed by atoms with Crippen LogP contribution in [0.5, 0.6) is 5.75 Å². The molecule has 11 heteroatoms. The Kier molecular flexibility index (Phi) is 10.6. The summed E-state index contributed by atoms with van der Waals surface area (Å²) in [4.78, 5) is 48.8. The first-order chi connectivity index (χ1) is 20.3. The molecule has 1 aromatic rings. The van der Waals surface area contributed by atoms with E-state index in [-0.39, 0.29) is 42.9 Å². The number of rotatable bonds is 9. The third kappa shape index (κ3) is 8.17. The fraction of sp³-hybridized carbons (Fsp3) is 0.750. The maximum Gasteiger partial charge on any atom is 0.410 e. The quantitative estimate of drug-likeness (QED) is 0.436. The number of aliphatic hydroxyl groups is 1. The first-order valence-electron chi connectivity index (χ1n) is 15.6. The topological polar surface area (TPSA) is 131 Å². The van der Waals surface area contributed by atoms with E-state index in [9.17, 15) is 19.5 Å². The van der Waals surface area contributed by atoms with Gasteiger partial charge < -0.3 is 29.5 Å². The second-order valence-electron chi connectivity index (χ2n) is 13.6. The second kappa shape index (κ2) is 13.8. The number of nitrogens with zero attached hydrogens (tertiary/aromatic N) is 3. The Morgan fingerprint density at radius 3 is 2.28 bits per heavy atom. The Labute approximate surface area is 255 Å². The van der Waals surface area contributed by atoms with Crippen LogP contribution in [-0.2, 0) is 19.1 Å². The fourth-order valence-electron chi connectivity index (χ4n) is 6.17. The van der Waals surface area contributed by atoms with E-state index >= 15 is 0 Å². The monoisotopic (exact) mass is 602 g/mol. The molecule has 3 fully saturated rings. The summed E-state index contributed by atoms with van der Waals surface area (Å²) in [5.74, 6) is -1.02. The number of carbonyl (C=O) groups is 3. The van der Waals surface area contributed by atoms with Crippen LogP contribution in [0.4, 0.5) is 10.6 Å². The van der Waals surface area contributed by atoms with E-state index in [1.54, 1.807) is 52.2 Å². The molecule has 1 saturated heterocycles. The van der Waals surface area contributed by atoms with Crippen LogP contribution in [0.1, 0.15) is 84.6 Å². The summed E-state index contributed by atoms with van der Waals surface area (Å²) >= 11 is 0. The van der Waals surface area contributed by atoms with Crippen molar-refractivity contribution in [3.05, 3.63) is 17.8 Å². The molecular weight excluding hydrogens is 552 g/mol. The third-order valence-corrected chi connectivity index (χ3v) is 8.68. The van der Waals surface area contributed by atoms with Gasteiger partial charge in [-0.2, -0.15) is 0 Å². The Morgan fingerprint density at radius 2 is 1.72 bits per heavy atom. The molecule has 240 valence electrons. The van der Waals surface area contributed by atoms with E-state index in [2.05, 4.69) is 10.3 Å². The van der Waals surface area contributed by atoms with E-state index in [0.29, 0.717) is 24.1 Å². The summed E-state index contributed by atoms with van der Waals surface area (Å²) in [6.07, 6.45) is 4.95. The maximum atomic E-state index is 14.3. The van der Waals surface area contributed by atoms with Gasteiger partial charge in [-0.1, -0.05) is 13.8 Å². The van der Waals surface area contributed by atoms with E-state index < -0.39 is 29.6 Å². The largest absolute Gasteiger partial charge is 0.496 e. The number of nitrogens with one attached hydrogen (secondary N) is 1. The molecule has 3 atom stereocenters. The lowest BCUT2D eigenvalue weighted by Crippen LogP contribution is -2.61. The zero-order valence-electron chi connectivity index (χ0n) is 26.8. The number of ether oxygens (including phenoxy) is 3. The molecule has 11 nitrogen and oxygen atoms in total. The summed E-state index contributed by atoms with van der Waals surface area (Å²) in [5, 5.41) is 14.7. The molecule has 2 heterocycles. The van der Waals surface area contributed by atoms with Crippen LogP contribution in [-0.4, -0.2) is 90.6 Å². The van der Waals surface area contributed by atoms with Crippen molar-refractivity contribution in [3.8, 4) is 5.75 Å². The van der Waals surface area contributed by atoms with Crippen molar-refractivity contribution in [1.29, 1.82) is 0 Å². The molecule has 0 unspecified atom stereocenters. The SMILES string of the molecule is COCC1CCC(NC(=O)[C@@H]2CN(C(=O)OC(C)(C)C)C[C@H](C(=O)N(c3cc(OC)c(C(C)C)cn3)C3CC3)[C@@H]2O)CC1. The average Bonchev–Trinajstić information content (AvgIpc) is 3.78. The van der Waals surface area contributed by atoms with Gasteiger partial charge >= 0.3 is 6.09 Å². The number of pyridine rings is 1. The van der Waals surface area contributed by atoms with Gasteiger partial charge in [0.2, 0.25) is 11.8 Å². The van der Waals surface area contributed by atoms with Crippen molar-refractivity contribution in [1.82, 2.24) is 15.2 Å². The van der Waals surface area contributed by atoms with Gasteiger partial charge in [-0.05, 0) is 71.1 Å². The first kappa shape index (κ1) is 33.0. The van der Waals surface area contributed by atoms with E-state index in [0.717, 1.165) is 44.1 Å². The summed E-state index contributed by atoms with van der Waals surface area (Å²) < 4.78 is 16.5. The lowest BCUT2D eigenvalue weighted by molar-refractivity contribution is -0.141. The number of hydrogen-bond acceptors (Lipinski definition) is 8. The number of methoxy groups -OCH3 is 2. The Morgan fingerprint density at radius 1 is 1.07 bits per heavy atom. The van der Waals surface area contributed by atoms with Crippen molar-refractivity contribution >= 4 is 23.7 Å². The minimum absolute atomic E-state index is 0.0297. The Balaban J connectivity index is 1.58. The number of carbonyl (C=O) groups excluding carboxylic acids is 3. The van der Waals surface area contributed by atoms with Crippen molar-refractivity contribution < 1.29 is 33.7 Å². The fourth-order valence-corrected chi connectivity index (χ4v) is 6.17. The molecule has 1 aromatic heterocycles. The molecule has 43 heavy (non-hydrogen) atoms. The van der Waals surface area contributed by atoms with Gasteiger partial charge in [-0.3, -0.25) is 14.5 Å². The van der Waals surface area contributed by atoms with Gasteiger partial charge in [0.25, 0.3) is 0 Å². The predicted molar refractivity (Wildman–Crippen MR) is 162 cm³/mol. The van der Waals surface area contributed by atoms with Gasteiger partial charge in [0.15, 0.2) is 0 Å². The summed E-state index contributed by atoms with van der Waals surface area (Å²) in [5.41, 5.74) is 0.167. The molecule has 2 N–H and O–H groups in total. The average molecular weight is 603 g/mol. The summed E-state index contributed by atoms with van der Waals surface area (Å²) in [6.45, 7) is 10.00. The number of piperidine rings is 1. The molecule has 3 amide bonds. The third-order valence-electron chi connectivity index (χ3n) is 8.68. The van der Waals surface area contributed by atoms with Crippen LogP contribution < -0.4 is 15.0 Å². The minimum atomic E-state index is -1.28. The van der Waals surface area contributed by atoms with Crippen molar-refractivity contribution in [3.63, 3.8) is 0 Å². The minimum Gasteiger partial charge on any atom is -0.496 e. The summed E-state index contributed by atoms with van der Waals surface area (Å²) in [6, 6.07) is 1.66. The van der Waals surface area contributed by atoms with Crippen LogP contribution in [0.3, 0.4) is 0 Å². The predicted octanol–water partition coefficient (Wildman–Crippen LogP) is 3.87. The number of amides is 3. The van der Waals surface area contributed by atoms with Crippen LogP contribution in [0.25, 0.3) is 0 Å². The van der Waals surface area contributed by atoms with Gasteiger partial charge in [0.05, 0.1) is 25.0 Å². The standard InChI is InChI=1S/C32H50N4O7/c1-19(2)23-15-33-27(14-26(23)42-7)36(22-12-13-22)30(39)25-17-35(31(40)43-32(3,4)5)16-24(28(25)37)29(38)34-21-10-8-20(9-11-21)18-41-6/h14-15,19-22,24-25,28,37H,8-13,16-18H2,1-7H3,(H,34,38)/t20?,21?,24-,25+,28-/m1/s1. The lowest BCUT2D eigenvalue weighted by Gasteiger charge is -2.42. The number of likely N-dealkylation sites (tertiary alicyclic amines) is 1. The maximum absolute atomic E-state index is 14.3. The number of hydrogen-bond donors (Lipinski definition) is 2. The Hall–Kier alpha value is -2.92. The molecular formula is C32H50N4O7. The smallest absolute Gasteiger partial charge is 0.410 e. The highest BCUT2D eigenvalue weighted by molar-refractivity contribution is 5.97. The van der Waals surface area contributed by atoms with Crippen molar-refractivity contribution in [2.24, 2.45) is 17.8 Å². The molecule has 3 aliphatic rings. The van der Waals surface area contributed by atoms with Crippen LogP contribution in [0.15, 0.2) is 12.3 Å². The number of aliphatic hydroxyl groups excluding tert-OH is 1. The van der Waals surface area contributed by atoms with E-state index in [1.165, 1.54) is 4.90 Å². The first-order valence-corrected chi connectivity index (χ1v) is 15.6. The normalized spacial score (nSPS) is 26.2. The highest BCUT2D eigenvalue weighted by Gasteiger charge is 2.49. The highest BCUT2D eigenvalue weighted by Crippen LogP contribution is 2.37. The molecule has 0 bridgehead atoms. The number of anilines is 1. The molecule has 1 aliphatic heterocycles. The van der Waals surface area contributed by atoms with E-state index in [1.807, 2.05) is 13.8 Å². The van der Waals surface area contributed by atoms with Crippen molar-refractivity contribution in [2.45, 2.75) is 103 Å². The van der Waals surface area contributed by atoms with E-state index in [4.69, 9.17) is 14.2 Å². The molecule has 2 aliphatic carbocycles. The molecule has 0 radical (unpaired) electrons. The lowest BCUT2D eigenvalue weighted by atomic mass is 9.83. The second-order valence-corrected chi connectivity index (χ2v) is 13.6. The molecule has 0 aromatic carbocycles. The summed E-state index contributed by atoms with van der Waals surface area (Å²) in [7, 11) is 3.29. The van der Waals surface area contributed by atoms with Crippen LogP contribution in [0, 0.1) is 17.8 Å². The molecule has 4 rings (SSSR count).